The smallest absolute Gasteiger partial charge is 0.254 e. The topological polar surface area (TPSA) is 81.9 Å². The van der Waals surface area contributed by atoms with Crippen molar-refractivity contribution in [2.24, 2.45) is 7.05 Å². The van der Waals surface area contributed by atoms with Crippen LogP contribution in [0.15, 0.2) is 36.9 Å². The number of amides is 1. The van der Waals surface area contributed by atoms with Gasteiger partial charge in [0.1, 0.15) is 11.9 Å². The number of carbonyl (C=O) groups excluding carboxylic acids is 1. The Bertz CT molecular complexity index is 899. The van der Waals surface area contributed by atoms with Gasteiger partial charge in [0.15, 0.2) is 0 Å². The fourth-order valence-corrected chi connectivity index (χ4v) is 2.82. The van der Waals surface area contributed by atoms with E-state index in [1.165, 1.54) is 0 Å². The van der Waals surface area contributed by atoms with E-state index in [2.05, 4.69) is 20.4 Å². The summed E-state index contributed by atoms with van der Waals surface area (Å²) in [6, 6.07) is 3.85. The molecule has 122 valence electrons. The van der Waals surface area contributed by atoms with Gasteiger partial charge in [-0.25, -0.2) is 4.98 Å². The van der Waals surface area contributed by atoms with E-state index in [9.17, 15) is 4.79 Å². The highest BCUT2D eigenvalue weighted by atomic mass is 16.5. The molecule has 24 heavy (non-hydrogen) atoms. The van der Waals surface area contributed by atoms with Gasteiger partial charge in [0.25, 0.3) is 5.91 Å². The minimum Gasteiger partial charge on any atom is -0.368 e. The first-order valence-electron chi connectivity index (χ1n) is 7.86. The highest BCUT2D eigenvalue weighted by Gasteiger charge is 2.23. The Hall–Kier alpha value is -2.80. The van der Waals surface area contributed by atoms with Gasteiger partial charge in [0.2, 0.25) is 0 Å². The Kier molecular flexibility index (Phi) is 3.70. The van der Waals surface area contributed by atoms with E-state index in [-0.39, 0.29) is 12.0 Å². The largest absolute Gasteiger partial charge is 0.368 e. The molecule has 7 heteroatoms. The van der Waals surface area contributed by atoms with Crippen molar-refractivity contribution in [2.45, 2.75) is 18.9 Å². The number of ether oxygens (including phenoxy) is 1. The van der Waals surface area contributed by atoms with Crippen LogP contribution in [0.3, 0.4) is 0 Å². The molecular weight excluding hydrogens is 306 g/mol. The molecule has 0 spiro atoms. The number of carbonyl (C=O) groups is 1. The van der Waals surface area contributed by atoms with E-state index in [1.54, 1.807) is 23.3 Å². The Morgan fingerprint density at radius 2 is 2.17 bits per heavy atom. The number of aromatic nitrogens is 4. The first kappa shape index (κ1) is 14.8. The number of pyridine rings is 2. The van der Waals surface area contributed by atoms with Gasteiger partial charge in [0.05, 0.1) is 17.9 Å². The van der Waals surface area contributed by atoms with E-state index in [4.69, 9.17) is 4.74 Å². The van der Waals surface area contributed by atoms with E-state index in [0.29, 0.717) is 12.4 Å². The van der Waals surface area contributed by atoms with Crippen molar-refractivity contribution in [3.05, 3.63) is 36.9 Å². The first-order valence-corrected chi connectivity index (χ1v) is 7.86. The number of nitrogens with one attached hydrogen (secondary N) is 1. The number of fused-ring (bicyclic) bond motifs is 1. The van der Waals surface area contributed by atoms with Crippen LogP contribution in [0.4, 0.5) is 5.82 Å². The molecule has 1 atom stereocenters. The average molecular weight is 323 g/mol. The lowest BCUT2D eigenvalue weighted by molar-refractivity contribution is -0.124. The minimum atomic E-state index is -0.373. The molecule has 0 saturated carbocycles. The molecule has 1 aliphatic rings. The van der Waals surface area contributed by atoms with Crippen molar-refractivity contribution in [2.75, 3.05) is 11.9 Å². The molecule has 0 aromatic carbocycles. The Balaban J connectivity index is 1.62. The van der Waals surface area contributed by atoms with Crippen LogP contribution in [-0.4, -0.2) is 38.4 Å². The number of hydrogen-bond acceptors (Lipinski definition) is 5. The minimum absolute atomic E-state index is 0.143. The fraction of sp³-hybridized carbons (Fsp3) is 0.294. The molecule has 1 amide bonds. The molecular formula is C17H17N5O2. The lowest BCUT2D eigenvalue weighted by Crippen LogP contribution is -2.27. The lowest BCUT2D eigenvalue weighted by Gasteiger charge is -2.10. The molecule has 1 unspecified atom stereocenters. The van der Waals surface area contributed by atoms with E-state index >= 15 is 0 Å². The van der Waals surface area contributed by atoms with Crippen LogP contribution in [0.2, 0.25) is 0 Å². The van der Waals surface area contributed by atoms with E-state index < -0.39 is 0 Å². The summed E-state index contributed by atoms with van der Waals surface area (Å²) in [5.74, 6) is 0.365. The zero-order valence-electron chi connectivity index (χ0n) is 13.3. The van der Waals surface area contributed by atoms with Crippen molar-refractivity contribution in [1.82, 2.24) is 19.7 Å². The van der Waals surface area contributed by atoms with Crippen LogP contribution >= 0.6 is 0 Å². The summed E-state index contributed by atoms with van der Waals surface area (Å²) in [4.78, 5) is 20.8. The van der Waals surface area contributed by atoms with Crippen molar-refractivity contribution in [3.8, 4) is 11.1 Å². The number of hydrogen-bond donors (Lipinski definition) is 1. The molecule has 4 rings (SSSR count). The lowest BCUT2D eigenvalue weighted by atomic mass is 10.1. The Morgan fingerprint density at radius 3 is 2.92 bits per heavy atom. The predicted octanol–water partition coefficient (Wildman–Crippen LogP) is 2.15. The van der Waals surface area contributed by atoms with Crippen LogP contribution < -0.4 is 5.32 Å². The fourth-order valence-electron chi connectivity index (χ4n) is 2.82. The van der Waals surface area contributed by atoms with E-state index in [1.807, 2.05) is 25.4 Å². The molecule has 4 heterocycles. The summed E-state index contributed by atoms with van der Waals surface area (Å²) in [5, 5.41) is 7.91. The third-order valence-electron chi connectivity index (χ3n) is 4.08. The zero-order valence-corrected chi connectivity index (χ0v) is 13.3. The number of nitrogens with zero attached hydrogens (tertiary/aromatic N) is 4. The maximum Gasteiger partial charge on any atom is 0.254 e. The van der Waals surface area contributed by atoms with Gasteiger partial charge in [-0.1, -0.05) is 0 Å². The zero-order chi connectivity index (χ0) is 16.5. The molecule has 1 saturated heterocycles. The molecule has 1 N–H and O–H groups in total. The number of aryl methyl sites for hydroxylation is 1. The van der Waals surface area contributed by atoms with Gasteiger partial charge in [-0.3, -0.25) is 14.5 Å². The average Bonchev–Trinajstić information content (AvgIpc) is 3.25. The Morgan fingerprint density at radius 1 is 1.25 bits per heavy atom. The summed E-state index contributed by atoms with van der Waals surface area (Å²) in [6.07, 6.45) is 8.49. The Labute approximate surface area is 138 Å². The van der Waals surface area contributed by atoms with Gasteiger partial charge in [-0.2, -0.15) is 5.10 Å². The van der Waals surface area contributed by atoms with Crippen molar-refractivity contribution in [1.29, 1.82) is 0 Å². The van der Waals surface area contributed by atoms with Gasteiger partial charge >= 0.3 is 0 Å². The van der Waals surface area contributed by atoms with Gasteiger partial charge in [-0.05, 0) is 25.0 Å². The van der Waals surface area contributed by atoms with Crippen LogP contribution in [-0.2, 0) is 16.6 Å². The molecule has 0 radical (unpaired) electrons. The molecule has 0 aliphatic carbocycles. The molecule has 0 bridgehead atoms. The molecule has 1 fully saturated rings. The van der Waals surface area contributed by atoms with Gasteiger partial charge < -0.3 is 10.1 Å². The summed E-state index contributed by atoms with van der Waals surface area (Å²) < 4.78 is 7.14. The summed E-state index contributed by atoms with van der Waals surface area (Å²) in [5.41, 5.74) is 2.74. The second kappa shape index (κ2) is 6.01. The molecule has 7 nitrogen and oxygen atoms in total. The molecule has 3 aromatic heterocycles. The normalized spacial score (nSPS) is 17.3. The van der Waals surface area contributed by atoms with Crippen LogP contribution in [0.25, 0.3) is 22.0 Å². The molecule has 3 aromatic rings. The van der Waals surface area contributed by atoms with Crippen LogP contribution in [0.5, 0.6) is 0 Å². The quantitative estimate of drug-likeness (QED) is 0.798. The molecule has 1 aliphatic heterocycles. The summed E-state index contributed by atoms with van der Waals surface area (Å²) in [6.45, 7) is 0.641. The van der Waals surface area contributed by atoms with Crippen molar-refractivity contribution < 1.29 is 9.53 Å². The number of rotatable bonds is 3. The summed E-state index contributed by atoms with van der Waals surface area (Å²) in [7, 11) is 1.88. The van der Waals surface area contributed by atoms with E-state index in [0.717, 1.165) is 34.9 Å². The monoisotopic (exact) mass is 323 g/mol. The maximum atomic E-state index is 12.1. The first-order chi connectivity index (χ1) is 11.7. The van der Waals surface area contributed by atoms with Gasteiger partial charge in [0, 0.05) is 42.6 Å². The van der Waals surface area contributed by atoms with Crippen molar-refractivity contribution >= 4 is 22.6 Å². The van der Waals surface area contributed by atoms with Gasteiger partial charge in [-0.15, -0.1) is 0 Å². The van der Waals surface area contributed by atoms with Crippen LogP contribution in [0, 0.1) is 0 Å². The maximum absolute atomic E-state index is 12.1. The SMILES string of the molecule is Cn1cc(-c2cnc3cnc(NC(=O)C4CCCO4)cc3c2)cn1. The number of anilines is 1. The summed E-state index contributed by atoms with van der Waals surface area (Å²) >= 11 is 0. The van der Waals surface area contributed by atoms with Crippen molar-refractivity contribution in [3.63, 3.8) is 0 Å². The second-order valence-electron chi connectivity index (χ2n) is 5.88. The standard InChI is InChI=1S/C17H17N5O2/c1-22-10-13(8-20-22)12-5-11-6-16(19-9-14(11)18-7-12)21-17(23)15-3-2-4-24-15/h5-10,15H,2-4H2,1H3,(H,19,21,23). The third-order valence-corrected chi connectivity index (χ3v) is 4.08. The third kappa shape index (κ3) is 2.85. The second-order valence-corrected chi connectivity index (χ2v) is 5.88. The highest BCUT2D eigenvalue weighted by molar-refractivity contribution is 5.95. The highest BCUT2D eigenvalue weighted by Crippen LogP contribution is 2.23. The van der Waals surface area contributed by atoms with Crippen LogP contribution in [0.1, 0.15) is 12.8 Å². The predicted molar refractivity (Wildman–Crippen MR) is 89.3 cm³/mol.